The Morgan fingerprint density at radius 3 is 2.37 bits per heavy atom. The van der Waals surface area contributed by atoms with E-state index < -0.39 is 0 Å². The molecular weight excluding hydrogens is 240 g/mol. The van der Waals surface area contributed by atoms with Crippen LogP contribution in [0.2, 0.25) is 0 Å². The smallest absolute Gasteiger partial charge is 0.222 e. The van der Waals surface area contributed by atoms with Crippen molar-refractivity contribution in [1.82, 2.24) is 4.90 Å². The van der Waals surface area contributed by atoms with Gasteiger partial charge in [0.05, 0.1) is 6.61 Å². The SMILES string of the molecule is CCN(CCOC)C(=O)CCC(CCN)C(C)(C)C. The van der Waals surface area contributed by atoms with Gasteiger partial charge >= 0.3 is 0 Å². The summed E-state index contributed by atoms with van der Waals surface area (Å²) in [6, 6.07) is 0. The maximum absolute atomic E-state index is 12.2. The second-order valence-electron chi connectivity index (χ2n) is 6.15. The molecule has 1 unspecified atom stereocenters. The average Bonchev–Trinajstić information content (AvgIpc) is 2.33. The minimum absolute atomic E-state index is 0.212. The van der Waals surface area contributed by atoms with Gasteiger partial charge < -0.3 is 15.4 Å². The Balaban J connectivity index is 4.29. The van der Waals surface area contributed by atoms with E-state index in [1.54, 1.807) is 7.11 Å². The molecule has 1 atom stereocenters. The lowest BCUT2D eigenvalue weighted by Crippen LogP contribution is -2.34. The minimum atomic E-state index is 0.212. The third-order valence-corrected chi connectivity index (χ3v) is 3.75. The highest BCUT2D eigenvalue weighted by Crippen LogP contribution is 2.32. The number of ether oxygens (including phenoxy) is 1. The Bertz CT molecular complexity index is 249. The Morgan fingerprint density at radius 1 is 1.32 bits per heavy atom. The fourth-order valence-electron chi connectivity index (χ4n) is 2.33. The highest BCUT2D eigenvalue weighted by molar-refractivity contribution is 5.76. The molecular formula is C15H32N2O2. The van der Waals surface area contributed by atoms with E-state index in [9.17, 15) is 4.79 Å². The molecule has 0 bridgehead atoms. The van der Waals surface area contributed by atoms with Gasteiger partial charge in [-0.05, 0) is 37.6 Å². The first-order valence-corrected chi connectivity index (χ1v) is 7.33. The van der Waals surface area contributed by atoms with Gasteiger partial charge in [-0.3, -0.25) is 4.79 Å². The van der Waals surface area contributed by atoms with E-state index >= 15 is 0 Å². The molecule has 0 heterocycles. The third-order valence-electron chi connectivity index (χ3n) is 3.75. The molecule has 0 aliphatic heterocycles. The molecule has 0 spiro atoms. The van der Waals surface area contributed by atoms with E-state index in [1.165, 1.54) is 0 Å². The summed E-state index contributed by atoms with van der Waals surface area (Å²) in [4.78, 5) is 14.0. The molecule has 0 aromatic carbocycles. The molecule has 0 radical (unpaired) electrons. The summed E-state index contributed by atoms with van der Waals surface area (Å²) in [6.45, 7) is 11.4. The second kappa shape index (κ2) is 9.32. The normalized spacial score (nSPS) is 13.4. The van der Waals surface area contributed by atoms with Crippen LogP contribution in [0.3, 0.4) is 0 Å². The molecule has 19 heavy (non-hydrogen) atoms. The van der Waals surface area contributed by atoms with E-state index in [0.29, 0.717) is 32.0 Å². The van der Waals surface area contributed by atoms with Crippen LogP contribution in [0.15, 0.2) is 0 Å². The lowest BCUT2D eigenvalue weighted by Gasteiger charge is -2.31. The lowest BCUT2D eigenvalue weighted by molar-refractivity contribution is -0.132. The molecule has 0 saturated carbocycles. The number of amides is 1. The van der Waals surface area contributed by atoms with Crippen LogP contribution < -0.4 is 5.73 Å². The quantitative estimate of drug-likeness (QED) is 0.700. The van der Waals surface area contributed by atoms with Gasteiger partial charge in [-0.1, -0.05) is 20.8 Å². The van der Waals surface area contributed by atoms with Gasteiger partial charge in [0.15, 0.2) is 0 Å². The van der Waals surface area contributed by atoms with E-state index in [2.05, 4.69) is 20.8 Å². The Morgan fingerprint density at radius 2 is 1.95 bits per heavy atom. The molecule has 114 valence electrons. The summed E-state index contributed by atoms with van der Waals surface area (Å²) >= 11 is 0. The summed E-state index contributed by atoms with van der Waals surface area (Å²) < 4.78 is 5.03. The van der Waals surface area contributed by atoms with Gasteiger partial charge in [0.1, 0.15) is 0 Å². The van der Waals surface area contributed by atoms with Crippen LogP contribution >= 0.6 is 0 Å². The molecule has 0 aromatic heterocycles. The summed E-state index contributed by atoms with van der Waals surface area (Å²) in [5.74, 6) is 0.730. The third kappa shape index (κ3) is 7.53. The van der Waals surface area contributed by atoms with Crippen molar-refractivity contribution in [3.63, 3.8) is 0 Å². The molecule has 0 aliphatic rings. The first-order valence-electron chi connectivity index (χ1n) is 7.33. The predicted octanol–water partition coefficient (Wildman–Crippen LogP) is 2.27. The van der Waals surface area contributed by atoms with Crippen molar-refractivity contribution in [2.45, 2.75) is 47.0 Å². The van der Waals surface area contributed by atoms with Crippen LogP contribution in [0.25, 0.3) is 0 Å². The van der Waals surface area contributed by atoms with Crippen molar-refractivity contribution in [2.24, 2.45) is 17.1 Å². The summed E-state index contributed by atoms with van der Waals surface area (Å²) in [5.41, 5.74) is 5.88. The van der Waals surface area contributed by atoms with Gasteiger partial charge in [0.2, 0.25) is 5.91 Å². The van der Waals surface area contributed by atoms with Crippen molar-refractivity contribution >= 4 is 5.91 Å². The fraction of sp³-hybridized carbons (Fsp3) is 0.933. The van der Waals surface area contributed by atoms with E-state index in [1.807, 2.05) is 11.8 Å². The number of likely N-dealkylation sites (N-methyl/N-ethyl adjacent to an activating group) is 1. The molecule has 4 heteroatoms. The number of nitrogens with two attached hydrogens (primary N) is 1. The van der Waals surface area contributed by atoms with Crippen molar-refractivity contribution < 1.29 is 9.53 Å². The van der Waals surface area contributed by atoms with Crippen LogP contribution in [0.1, 0.15) is 47.0 Å². The molecule has 2 N–H and O–H groups in total. The maximum atomic E-state index is 12.2. The van der Waals surface area contributed by atoms with Crippen molar-refractivity contribution in [3.05, 3.63) is 0 Å². The summed E-state index contributed by atoms with van der Waals surface area (Å²) in [7, 11) is 1.66. The minimum Gasteiger partial charge on any atom is -0.383 e. The summed E-state index contributed by atoms with van der Waals surface area (Å²) in [6.07, 6.45) is 2.52. The molecule has 0 fully saturated rings. The Kier molecular flexibility index (Phi) is 9.02. The Labute approximate surface area is 118 Å². The number of rotatable bonds is 9. The van der Waals surface area contributed by atoms with Crippen LogP contribution in [0.4, 0.5) is 0 Å². The monoisotopic (exact) mass is 272 g/mol. The number of hydrogen-bond acceptors (Lipinski definition) is 3. The first kappa shape index (κ1) is 18.4. The fourth-order valence-corrected chi connectivity index (χ4v) is 2.33. The first-order chi connectivity index (χ1) is 8.86. The van der Waals surface area contributed by atoms with Gasteiger partial charge in [-0.15, -0.1) is 0 Å². The van der Waals surface area contributed by atoms with E-state index in [0.717, 1.165) is 19.4 Å². The molecule has 4 nitrogen and oxygen atoms in total. The molecule has 0 saturated heterocycles. The zero-order valence-electron chi connectivity index (χ0n) is 13.4. The van der Waals surface area contributed by atoms with E-state index in [4.69, 9.17) is 10.5 Å². The highest BCUT2D eigenvalue weighted by Gasteiger charge is 2.25. The van der Waals surface area contributed by atoms with Crippen molar-refractivity contribution in [2.75, 3.05) is 33.4 Å². The second-order valence-corrected chi connectivity index (χ2v) is 6.15. The number of methoxy groups -OCH3 is 1. The zero-order valence-corrected chi connectivity index (χ0v) is 13.4. The van der Waals surface area contributed by atoms with Gasteiger partial charge in [-0.25, -0.2) is 0 Å². The molecule has 0 aromatic rings. The predicted molar refractivity (Wildman–Crippen MR) is 80.0 cm³/mol. The Hall–Kier alpha value is -0.610. The lowest BCUT2D eigenvalue weighted by atomic mass is 9.76. The zero-order chi connectivity index (χ0) is 14.9. The molecule has 0 aliphatic carbocycles. The van der Waals surface area contributed by atoms with Crippen LogP contribution in [0.5, 0.6) is 0 Å². The van der Waals surface area contributed by atoms with Crippen LogP contribution in [-0.2, 0) is 9.53 Å². The maximum Gasteiger partial charge on any atom is 0.222 e. The van der Waals surface area contributed by atoms with Crippen molar-refractivity contribution in [3.8, 4) is 0 Å². The van der Waals surface area contributed by atoms with Crippen LogP contribution in [0, 0.1) is 11.3 Å². The summed E-state index contributed by atoms with van der Waals surface area (Å²) in [5, 5.41) is 0. The van der Waals surface area contributed by atoms with Crippen molar-refractivity contribution in [1.29, 1.82) is 0 Å². The topological polar surface area (TPSA) is 55.6 Å². The standard InChI is InChI=1S/C15H32N2O2/c1-6-17(11-12-19-5)14(18)8-7-13(9-10-16)15(2,3)4/h13H,6-12,16H2,1-5H3. The molecule has 1 amide bonds. The molecule has 0 rings (SSSR count). The van der Waals surface area contributed by atoms with Crippen LogP contribution in [-0.4, -0.2) is 44.2 Å². The highest BCUT2D eigenvalue weighted by atomic mass is 16.5. The van der Waals surface area contributed by atoms with Gasteiger partial charge in [0.25, 0.3) is 0 Å². The number of carbonyl (C=O) groups excluding carboxylic acids is 1. The van der Waals surface area contributed by atoms with E-state index in [-0.39, 0.29) is 11.3 Å². The van der Waals surface area contributed by atoms with Gasteiger partial charge in [0, 0.05) is 26.6 Å². The number of carbonyl (C=O) groups is 1. The number of nitrogens with zero attached hydrogens (tertiary/aromatic N) is 1. The van der Waals surface area contributed by atoms with Gasteiger partial charge in [-0.2, -0.15) is 0 Å². The average molecular weight is 272 g/mol. The number of hydrogen-bond donors (Lipinski definition) is 1. The largest absolute Gasteiger partial charge is 0.383 e.